The average molecular weight is 329 g/mol. The molecule has 1 aromatic carbocycles. The fraction of sp³-hybridized carbons (Fsp3) is 0.467. The normalized spacial score (nSPS) is 19.1. The highest BCUT2D eigenvalue weighted by molar-refractivity contribution is 5.94. The molecule has 1 atom stereocenters. The molecule has 3 amide bonds. The van der Waals surface area contributed by atoms with E-state index in [2.05, 4.69) is 10.6 Å². The Morgan fingerprint density at radius 1 is 1.39 bits per heavy atom. The lowest BCUT2D eigenvalue weighted by Gasteiger charge is -2.26. The summed E-state index contributed by atoms with van der Waals surface area (Å²) < 4.78 is 38.2. The van der Waals surface area contributed by atoms with Gasteiger partial charge in [0.05, 0.1) is 5.56 Å². The van der Waals surface area contributed by atoms with Crippen LogP contribution in [0.15, 0.2) is 18.2 Å². The number of halogens is 3. The standard InChI is InChI=1S/C15H18F3N3O2/c1-9-8-11(4-5-12(9)15(16,17)18)20-14(23)21-7-3-6-19-13(22)10(21)2/h4-5,8,10H,3,6-7H2,1-2H3,(H,19,22)(H,20,23)/t10-/m0/s1. The summed E-state index contributed by atoms with van der Waals surface area (Å²) in [6, 6.07) is 2.27. The smallest absolute Gasteiger partial charge is 0.354 e. The molecule has 1 saturated heterocycles. The average Bonchev–Trinajstić information content (AvgIpc) is 2.60. The van der Waals surface area contributed by atoms with E-state index in [0.29, 0.717) is 19.5 Å². The molecule has 8 heteroatoms. The van der Waals surface area contributed by atoms with Crippen LogP contribution in [0.25, 0.3) is 0 Å². The molecular weight excluding hydrogens is 311 g/mol. The lowest BCUT2D eigenvalue weighted by atomic mass is 10.1. The monoisotopic (exact) mass is 329 g/mol. The van der Waals surface area contributed by atoms with Crippen molar-refractivity contribution in [1.82, 2.24) is 10.2 Å². The van der Waals surface area contributed by atoms with E-state index in [1.807, 2.05) is 0 Å². The maximum Gasteiger partial charge on any atom is 0.416 e. The van der Waals surface area contributed by atoms with Crippen molar-refractivity contribution in [2.75, 3.05) is 18.4 Å². The van der Waals surface area contributed by atoms with Gasteiger partial charge in [0.2, 0.25) is 5.91 Å². The Morgan fingerprint density at radius 2 is 2.09 bits per heavy atom. The van der Waals surface area contributed by atoms with Crippen molar-refractivity contribution >= 4 is 17.6 Å². The third kappa shape index (κ3) is 3.94. The van der Waals surface area contributed by atoms with Gasteiger partial charge in [-0.25, -0.2) is 4.79 Å². The van der Waals surface area contributed by atoms with Crippen LogP contribution in [-0.2, 0) is 11.0 Å². The molecular formula is C15H18F3N3O2. The van der Waals surface area contributed by atoms with Crippen LogP contribution < -0.4 is 10.6 Å². The molecule has 0 aromatic heterocycles. The Bertz CT molecular complexity index is 616. The molecule has 1 aliphatic rings. The summed E-state index contributed by atoms with van der Waals surface area (Å²) >= 11 is 0. The molecule has 1 aromatic rings. The van der Waals surface area contributed by atoms with Crippen LogP contribution in [-0.4, -0.2) is 36.0 Å². The highest BCUT2D eigenvalue weighted by Gasteiger charge is 2.32. The zero-order chi connectivity index (χ0) is 17.2. The van der Waals surface area contributed by atoms with Crippen molar-refractivity contribution in [3.8, 4) is 0 Å². The number of hydrogen-bond acceptors (Lipinski definition) is 2. The van der Waals surface area contributed by atoms with Gasteiger partial charge >= 0.3 is 12.2 Å². The van der Waals surface area contributed by atoms with Crippen LogP contribution in [0.5, 0.6) is 0 Å². The number of amides is 3. The van der Waals surface area contributed by atoms with E-state index in [9.17, 15) is 22.8 Å². The van der Waals surface area contributed by atoms with Gasteiger partial charge in [0, 0.05) is 18.8 Å². The van der Waals surface area contributed by atoms with E-state index >= 15 is 0 Å². The maximum absolute atomic E-state index is 12.7. The van der Waals surface area contributed by atoms with Gasteiger partial charge in [0.1, 0.15) is 6.04 Å². The topological polar surface area (TPSA) is 61.4 Å². The van der Waals surface area contributed by atoms with E-state index in [0.717, 1.165) is 6.07 Å². The second-order valence-corrected chi connectivity index (χ2v) is 5.47. The first-order chi connectivity index (χ1) is 10.7. The van der Waals surface area contributed by atoms with Gasteiger partial charge in [-0.3, -0.25) is 4.79 Å². The van der Waals surface area contributed by atoms with Crippen LogP contribution in [0, 0.1) is 6.92 Å². The number of urea groups is 1. The molecule has 23 heavy (non-hydrogen) atoms. The van der Waals surface area contributed by atoms with Crippen molar-refractivity contribution in [1.29, 1.82) is 0 Å². The summed E-state index contributed by atoms with van der Waals surface area (Å²) in [5.74, 6) is -0.249. The van der Waals surface area contributed by atoms with Crippen LogP contribution in [0.2, 0.25) is 0 Å². The van der Waals surface area contributed by atoms with Crippen LogP contribution >= 0.6 is 0 Å². The first-order valence-corrected chi connectivity index (χ1v) is 7.23. The molecule has 0 aliphatic carbocycles. The first-order valence-electron chi connectivity index (χ1n) is 7.23. The summed E-state index contributed by atoms with van der Waals surface area (Å²) in [7, 11) is 0. The van der Waals surface area contributed by atoms with Gasteiger partial charge in [0.15, 0.2) is 0 Å². The zero-order valence-electron chi connectivity index (χ0n) is 12.8. The maximum atomic E-state index is 12.7. The Balaban J connectivity index is 2.14. The van der Waals surface area contributed by atoms with Gasteiger partial charge in [0.25, 0.3) is 0 Å². The third-order valence-electron chi connectivity index (χ3n) is 3.77. The lowest BCUT2D eigenvalue weighted by molar-refractivity contribution is -0.138. The van der Waals surface area contributed by atoms with E-state index in [-0.39, 0.29) is 17.2 Å². The number of nitrogens with zero attached hydrogens (tertiary/aromatic N) is 1. The van der Waals surface area contributed by atoms with Gasteiger partial charge in [-0.1, -0.05) is 0 Å². The lowest BCUT2D eigenvalue weighted by Crippen LogP contribution is -2.47. The number of rotatable bonds is 1. The van der Waals surface area contributed by atoms with Gasteiger partial charge < -0.3 is 15.5 Å². The number of benzene rings is 1. The molecule has 2 N–H and O–H groups in total. The van der Waals surface area contributed by atoms with E-state index in [1.165, 1.54) is 24.0 Å². The Labute approximate surface area is 131 Å². The van der Waals surface area contributed by atoms with Crippen molar-refractivity contribution in [2.45, 2.75) is 32.5 Å². The number of alkyl halides is 3. The van der Waals surface area contributed by atoms with E-state index < -0.39 is 23.8 Å². The minimum atomic E-state index is -4.43. The molecule has 0 spiro atoms. The van der Waals surface area contributed by atoms with Crippen molar-refractivity contribution in [2.24, 2.45) is 0 Å². The van der Waals surface area contributed by atoms with Crippen molar-refractivity contribution in [3.05, 3.63) is 29.3 Å². The van der Waals surface area contributed by atoms with Gasteiger partial charge in [-0.2, -0.15) is 13.2 Å². The molecule has 5 nitrogen and oxygen atoms in total. The zero-order valence-corrected chi connectivity index (χ0v) is 12.8. The van der Waals surface area contributed by atoms with Crippen LogP contribution in [0.4, 0.5) is 23.7 Å². The molecule has 1 aliphatic heterocycles. The summed E-state index contributed by atoms with van der Waals surface area (Å²) in [5, 5.41) is 5.24. The molecule has 2 rings (SSSR count). The SMILES string of the molecule is Cc1cc(NC(=O)N2CCCNC(=O)[C@@H]2C)ccc1C(F)(F)F. The second-order valence-electron chi connectivity index (χ2n) is 5.47. The summed E-state index contributed by atoms with van der Waals surface area (Å²) in [5.41, 5.74) is -0.452. The predicted octanol–water partition coefficient (Wildman–Crippen LogP) is 2.76. The third-order valence-corrected chi connectivity index (χ3v) is 3.77. The molecule has 0 saturated carbocycles. The predicted molar refractivity (Wildman–Crippen MR) is 79.0 cm³/mol. The summed E-state index contributed by atoms with van der Waals surface area (Å²) in [6.07, 6.45) is -3.81. The summed E-state index contributed by atoms with van der Waals surface area (Å²) in [6.45, 7) is 3.83. The molecule has 1 fully saturated rings. The Kier molecular flexibility index (Phi) is 4.82. The number of anilines is 1. The highest BCUT2D eigenvalue weighted by Crippen LogP contribution is 2.32. The van der Waals surface area contributed by atoms with E-state index in [4.69, 9.17) is 0 Å². The molecule has 1 heterocycles. The molecule has 0 radical (unpaired) electrons. The van der Waals surface area contributed by atoms with Gasteiger partial charge in [-0.05, 0) is 44.0 Å². The first kappa shape index (κ1) is 17.1. The van der Waals surface area contributed by atoms with E-state index in [1.54, 1.807) is 6.92 Å². The fourth-order valence-corrected chi connectivity index (χ4v) is 2.48. The molecule has 0 bridgehead atoms. The second kappa shape index (κ2) is 6.47. The fourth-order valence-electron chi connectivity index (χ4n) is 2.48. The Hall–Kier alpha value is -2.25. The largest absolute Gasteiger partial charge is 0.416 e. The minimum Gasteiger partial charge on any atom is -0.354 e. The van der Waals surface area contributed by atoms with Crippen molar-refractivity contribution in [3.63, 3.8) is 0 Å². The number of nitrogens with one attached hydrogen (secondary N) is 2. The quantitative estimate of drug-likeness (QED) is 0.832. The molecule has 0 unspecified atom stereocenters. The highest BCUT2D eigenvalue weighted by atomic mass is 19.4. The number of carbonyl (C=O) groups excluding carboxylic acids is 2. The van der Waals surface area contributed by atoms with Crippen molar-refractivity contribution < 1.29 is 22.8 Å². The van der Waals surface area contributed by atoms with Crippen LogP contribution in [0.1, 0.15) is 24.5 Å². The van der Waals surface area contributed by atoms with Gasteiger partial charge in [-0.15, -0.1) is 0 Å². The number of hydrogen-bond donors (Lipinski definition) is 2. The minimum absolute atomic E-state index is 0.0250. The molecule has 126 valence electrons. The number of carbonyl (C=O) groups is 2. The van der Waals surface area contributed by atoms with Crippen LogP contribution in [0.3, 0.4) is 0 Å². The number of aryl methyl sites for hydroxylation is 1. The Morgan fingerprint density at radius 3 is 2.70 bits per heavy atom. The summed E-state index contributed by atoms with van der Waals surface area (Å²) in [4.78, 5) is 25.4.